The zero-order valence-corrected chi connectivity index (χ0v) is 19.3. The number of pyridine rings is 2. The van der Waals surface area contributed by atoms with Crippen LogP contribution in [0.25, 0.3) is 22.0 Å². The van der Waals surface area contributed by atoms with Crippen LogP contribution in [0.1, 0.15) is 36.0 Å². The van der Waals surface area contributed by atoms with E-state index in [-0.39, 0.29) is 5.92 Å². The van der Waals surface area contributed by atoms with Crippen LogP contribution in [-0.2, 0) is 0 Å². The molecule has 2 heterocycles. The smallest absolute Gasteiger partial charge is 0.221 e. The fourth-order valence-corrected chi connectivity index (χ4v) is 4.94. The van der Waals surface area contributed by atoms with Crippen molar-refractivity contribution in [3.8, 4) is 17.0 Å². The summed E-state index contributed by atoms with van der Waals surface area (Å²) in [6.07, 6.45) is 11.6. The highest BCUT2D eigenvalue weighted by atomic mass is 16.5. The predicted molar refractivity (Wildman–Crippen MR) is 136 cm³/mol. The van der Waals surface area contributed by atoms with Crippen LogP contribution in [0, 0.1) is 12.8 Å². The Morgan fingerprint density at radius 3 is 2.58 bits per heavy atom. The summed E-state index contributed by atoms with van der Waals surface area (Å²) in [5.41, 5.74) is 8.19. The highest BCUT2D eigenvalue weighted by Gasteiger charge is 2.23. The van der Waals surface area contributed by atoms with Crippen molar-refractivity contribution < 1.29 is 4.74 Å². The lowest BCUT2D eigenvalue weighted by atomic mass is 9.79. The molecule has 0 fully saturated rings. The molecule has 0 spiro atoms. The van der Waals surface area contributed by atoms with Gasteiger partial charge in [-0.1, -0.05) is 73.2 Å². The molecule has 164 valence electrons. The molecular formula is C30H28N2O. The Labute approximate surface area is 195 Å². The Balaban J connectivity index is 1.71. The van der Waals surface area contributed by atoms with Crippen LogP contribution < -0.4 is 4.74 Å². The first-order chi connectivity index (χ1) is 16.2. The zero-order chi connectivity index (χ0) is 22.8. The van der Waals surface area contributed by atoms with Crippen LogP contribution in [0.2, 0.25) is 0 Å². The van der Waals surface area contributed by atoms with E-state index in [1.165, 1.54) is 22.3 Å². The van der Waals surface area contributed by atoms with Gasteiger partial charge in [-0.3, -0.25) is 4.98 Å². The van der Waals surface area contributed by atoms with Gasteiger partial charge in [0.25, 0.3) is 0 Å². The lowest BCUT2D eigenvalue weighted by Crippen LogP contribution is -2.10. The van der Waals surface area contributed by atoms with Gasteiger partial charge in [0.15, 0.2) is 0 Å². The lowest BCUT2D eigenvalue weighted by molar-refractivity contribution is 0.401. The van der Waals surface area contributed by atoms with Crippen LogP contribution >= 0.6 is 0 Å². The van der Waals surface area contributed by atoms with E-state index in [4.69, 9.17) is 9.72 Å². The Hall–Kier alpha value is -3.72. The maximum absolute atomic E-state index is 5.71. The van der Waals surface area contributed by atoms with Gasteiger partial charge in [0.1, 0.15) is 0 Å². The van der Waals surface area contributed by atoms with Gasteiger partial charge in [-0.25, -0.2) is 4.98 Å². The van der Waals surface area contributed by atoms with Gasteiger partial charge < -0.3 is 4.74 Å². The van der Waals surface area contributed by atoms with Crippen molar-refractivity contribution in [2.24, 2.45) is 5.92 Å². The number of fused-ring (bicyclic) bond motifs is 1. The van der Waals surface area contributed by atoms with Gasteiger partial charge in [0.05, 0.1) is 12.6 Å². The van der Waals surface area contributed by atoms with Crippen LogP contribution in [0.15, 0.2) is 96.9 Å². The minimum absolute atomic E-state index is 0.164. The molecule has 0 bridgehead atoms. The monoisotopic (exact) mass is 432 g/mol. The summed E-state index contributed by atoms with van der Waals surface area (Å²) in [7, 11) is 1.69. The van der Waals surface area contributed by atoms with E-state index in [9.17, 15) is 0 Å². The molecule has 1 aliphatic carbocycles. The van der Waals surface area contributed by atoms with E-state index in [0.29, 0.717) is 11.8 Å². The van der Waals surface area contributed by atoms with E-state index >= 15 is 0 Å². The van der Waals surface area contributed by atoms with E-state index in [2.05, 4.69) is 85.6 Å². The number of benzene rings is 2. The number of ether oxygens (including phenoxy) is 1. The van der Waals surface area contributed by atoms with Gasteiger partial charge in [0.2, 0.25) is 5.88 Å². The average Bonchev–Trinajstić information content (AvgIpc) is 2.85. The normalized spacial score (nSPS) is 16.5. The number of aromatic nitrogens is 2. The topological polar surface area (TPSA) is 35.0 Å². The van der Waals surface area contributed by atoms with Crippen molar-refractivity contribution in [2.45, 2.75) is 26.2 Å². The molecule has 1 aliphatic rings. The molecule has 4 aromatic rings. The fourth-order valence-electron chi connectivity index (χ4n) is 4.94. The molecule has 0 saturated carbocycles. The minimum Gasteiger partial charge on any atom is -0.481 e. The van der Waals surface area contributed by atoms with Crippen LogP contribution in [0.5, 0.6) is 5.88 Å². The molecule has 0 saturated heterocycles. The number of allylic oxidation sites excluding steroid dienone is 4. The Morgan fingerprint density at radius 2 is 1.85 bits per heavy atom. The summed E-state index contributed by atoms with van der Waals surface area (Å²) in [5, 5.41) is 1.15. The van der Waals surface area contributed by atoms with E-state index in [0.717, 1.165) is 28.5 Å². The third kappa shape index (κ3) is 4.07. The maximum atomic E-state index is 5.71. The molecule has 0 aliphatic heterocycles. The molecule has 0 amide bonds. The van der Waals surface area contributed by atoms with Crippen molar-refractivity contribution in [3.63, 3.8) is 0 Å². The highest BCUT2D eigenvalue weighted by Crippen LogP contribution is 2.40. The number of hydrogen-bond acceptors (Lipinski definition) is 3. The number of methoxy groups -OCH3 is 1. The quantitative estimate of drug-likeness (QED) is 0.333. The third-order valence-corrected chi connectivity index (χ3v) is 6.52. The predicted octanol–water partition coefficient (Wildman–Crippen LogP) is 7.27. The van der Waals surface area contributed by atoms with E-state index in [1.807, 2.05) is 24.5 Å². The summed E-state index contributed by atoms with van der Waals surface area (Å²) in [4.78, 5) is 9.30. The molecule has 2 aromatic heterocycles. The highest BCUT2D eigenvalue weighted by molar-refractivity contribution is 5.91. The number of aryl methyl sites for hydroxylation is 1. The molecule has 5 rings (SSSR count). The molecular weight excluding hydrogens is 404 g/mol. The number of rotatable bonds is 5. The summed E-state index contributed by atoms with van der Waals surface area (Å²) >= 11 is 0. The zero-order valence-electron chi connectivity index (χ0n) is 19.3. The Bertz CT molecular complexity index is 1340. The summed E-state index contributed by atoms with van der Waals surface area (Å²) < 4.78 is 5.71. The van der Waals surface area contributed by atoms with Crippen molar-refractivity contribution in [3.05, 3.63) is 114 Å². The minimum atomic E-state index is 0.164. The van der Waals surface area contributed by atoms with Gasteiger partial charge in [-0.2, -0.15) is 0 Å². The number of hydrogen-bond donors (Lipinski definition) is 0. The second kappa shape index (κ2) is 9.03. The standard InChI is InChI=1S/C30H28N2O/c1-20-9-7-12-23(17-20)29(25-13-8-16-31-19-25)24-14-15-27-26(18-24)21(2)28(30(32-27)33-3)22-10-5-4-6-11-22/h4-16,18-20,29H,17H2,1-3H3. The second-order valence-corrected chi connectivity index (χ2v) is 8.79. The van der Waals surface area contributed by atoms with Crippen molar-refractivity contribution in [1.82, 2.24) is 9.97 Å². The molecule has 2 aromatic carbocycles. The molecule has 2 unspecified atom stereocenters. The molecule has 33 heavy (non-hydrogen) atoms. The molecule has 3 nitrogen and oxygen atoms in total. The summed E-state index contributed by atoms with van der Waals surface area (Å²) in [5.74, 6) is 1.36. The SMILES string of the molecule is COc1nc2ccc(C(C3=CC=CC(C)C3)c3cccnc3)cc2c(C)c1-c1ccccc1. The average molecular weight is 433 g/mol. The lowest BCUT2D eigenvalue weighted by Gasteiger charge is -2.25. The van der Waals surface area contributed by atoms with Gasteiger partial charge in [0, 0.05) is 29.3 Å². The largest absolute Gasteiger partial charge is 0.481 e. The van der Waals surface area contributed by atoms with Crippen LogP contribution in [-0.4, -0.2) is 17.1 Å². The van der Waals surface area contributed by atoms with Crippen molar-refractivity contribution in [1.29, 1.82) is 0 Å². The first-order valence-corrected chi connectivity index (χ1v) is 11.5. The third-order valence-electron chi connectivity index (χ3n) is 6.52. The molecule has 0 radical (unpaired) electrons. The second-order valence-electron chi connectivity index (χ2n) is 8.79. The number of nitrogens with zero attached hydrogens (tertiary/aromatic N) is 2. The van der Waals surface area contributed by atoms with Gasteiger partial charge in [-0.15, -0.1) is 0 Å². The first-order valence-electron chi connectivity index (χ1n) is 11.5. The van der Waals surface area contributed by atoms with Crippen molar-refractivity contribution >= 4 is 10.9 Å². The van der Waals surface area contributed by atoms with Crippen LogP contribution in [0.4, 0.5) is 0 Å². The van der Waals surface area contributed by atoms with E-state index < -0.39 is 0 Å². The Kier molecular flexibility index (Phi) is 5.78. The first kappa shape index (κ1) is 21.1. The molecule has 2 atom stereocenters. The summed E-state index contributed by atoms with van der Waals surface area (Å²) in [6.45, 7) is 4.44. The molecule has 3 heteroatoms. The molecule has 0 N–H and O–H groups in total. The van der Waals surface area contributed by atoms with Crippen molar-refractivity contribution in [2.75, 3.05) is 7.11 Å². The maximum Gasteiger partial charge on any atom is 0.221 e. The van der Waals surface area contributed by atoms with Crippen LogP contribution in [0.3, 0.4) is 0 Å². The van der Waals surface area contributed by atoms with Gasteiger partial charge in [-0.05, 0) is 59.7 Å². The fraction of sp³-hybridized carbons (Fsp3) is 0.200. The Morgan fingerprint density at radius 1 is 1.00 bits per heavy atom. The van der Waals surface area contributed by atoms with Gasteiger partial charge >= 0.3 is 0 Å². The van der Waals surface area contributed by atoms with E-state index in [1.54, 1.807) is 7.11 Å². The summed E-state index contributed by atoms with van der Waals surface area (Å²) in [6, 6.07) is 21.2.